The molecule has 1 aromatic carbocycles. The Morgan fingerprint density at radius 3 is 2.50 bits per heavy atom. The summed E-state index contributed by atoms with van der Waals surface area (Å²) >= 11 is 10.5. The number of carbonyl (C=O) groups is 1. The van der Waals surface area contributed by atoms with Gasteiger partial charge in [0.2, 0.25) is 0 Å². The minimum absolute atomic E-state index is 0.350. The molecule has 0 aliphatic rings. The zero-order valence-electron chi connectivity index (χ0n) is 9.30. The van der Waals surface area contributed by atoms with Crippen LogP contribution < -0.4 is 0 Å². The van der Waals surface area contributed by atoms with Crippen LogP contribution >= 0.6 is 23.2 Å². The lowest BCUT2D eigenvalue weighted by Crippen LogP contribution is -1.89. The first-order chi connectivity index (χ1) is 7.51. The van der Waals surface area contributed by atoms with E-state index in [0.29, 0.717) is 6.61 Å². The average Bonchev–Trinajstić information content (AvgIpc) is 2.22. The molecule has 1 aromatic rings. The zero-order chi connectivity index (χ0) is 12.6. The zero-order valence-corrected chi connectivity index (χ0v) is 10.8. The van der Waals surface area contributed by atoms with Gasteiger partial charge >= 0.3 is 5.43 Å². The van der Waals surface area contributed by atoms with E-state index in [1.54, 1.807) is 13.0 Å². The SMILES string of the molecule is C=Cc1cc(C)ccc1Cl.CCOC(=O)Cl. The minimum atomic E-state index is -0.738. The maximum absolute atomic E-state index is 9.59. The molecule has 0 bridgehead atoms. The average molecular weight is 261 g/mol. The van der Waals surface area contributed by atoms with Crippen molar-refractivity contribution in [2.45, 2.75) is 13.8 Å². The number of aryl methyl sites for hydroxylation is 1. The highest BCUT2D eigenvalue weighted by atomic mass is 35.5. The minimum Gasteiger partial charge on any atom is -0.454 e. The molecule has 0 aromatic heterocycles. The second-order valence-electron chi connectivity index (χ2n) is 2.90. The van der Waals surface area contributed by atoms with Gasteiger partial charge < -0.3 is 4.74 Å². The van der Waals surface area contributed by atoms with Crippen LogP contribution in [0.15, 0.2) is 24.8 Å². The van der Waals surface area contributed by atoms with Crippen LogP contribution in [0, 0.1) is 6.92 Å². The van der Waals surface area contributed by atoms with E-state index >= 15 is 0 Å². The van der Waals surface area contributed by atoms with E-state index in [9.17, 15) is 4.79 Å². The molecule has 0 unspecified atom stereocenters. The molecule has 0 fully saturated rings. The Labute approximate surface area is 106 Å². The van der Waals surface area contributed by atoms with Crippen LogP contribution in [0.3, 0.4) is 0 Å². The molecule has 0 radical (unpaired) electrons. The summed E-state index contributed by atoms with van der Waals surface area (Å²) in [5, 5.41) is 0.764. The first kappa shape index (κ1) is 15.0. The van der Waals surface area contributed by atoms with E-state index in [2.05, 4.69) is 11.3 Å². The third-order valence-corrected chi connectivity index (χ3v) is 2.08. The van der Waals surface area contributed by atoms with Gasteiger partial charge in [0.1, 0.15) is 0 Å². The highest BCUT2D eigenvalue weighted by Crippen LogP contribution is 2.17. The van der Waals surface area contributed by atoms with E-state index in [4.69, 9.17) is 23.2 Å². The summed E-state index contributed by atoms with van der Waals surface area (Å²) in [4.78, 5) is 9.59. The van der Waals surface area contributed by atoms with Crippen LogP contribution in [0.2, 0.25) is 5.02 Å². The molecule has 0 saturated carbocycles. The Morgan fingerprint density at radius 1 is 1.56 bits per heavy atom. The Hall–Kier alpha value is -0.990. The fraction of sp³-hybridized carbons (Fsp3) is 0.250. The van der Waals surface area contributed by atoms with Gasteiger partial charge in [-0.2, -0.15) is 0 Å². The normalized spacial score (nSPS) is 8.75. The van der Waals surface area contributed by atoms with Crippen LogP contribution in [0.1, 0.15) is 18.1 Å². The molecular weight excluding hydrogens is 247 g/mol. The number of rotatable bonds is 2. The molecule has 2 nitrogen and oxygen atoms in total. The molecular formula is C12H14Cl2O2. The standard InChI is InChI=1S/C9H9Cl.C3H5ClO2/c1-3-8-6-7(2)4-5-9(8)10;1-2-6-3(4)5/h3-6H,1H2,2H3;2H2,1H3. The van der Waals surface area contributed by atoms with E-state index in [1.807, 2.05) is 25.1 Å². The van der Waals surface area contributed by atoms with Crippen molar-refractivity contribution in [1.82, 2.24) is 0 Å². The van der Waals surface area contributed by atoms with Crippen molar-refractivity contribution < 1.29 is 9.53 Å². The van der Waals surface area contributed by atoms with Crippen molar-refractivity contribution in [3.63, 3.8) is 0 Å². The third kappa shape index (κ3) is 6.49. The van der Waals surface area contributed by atoms with Crippen molar-refractivity contribution in [3.05, 3.63) is 40.9 Å². The predicted octanol–water partition coefficient (Wildman–Crippen LogP) is 4.67. The van der Waals surface area contributed by atoms with Crippen molar-refractivity contribution in [3.8, 4) is 0 Å². The molecule has 16 heavy (non-hydrogen) atoms. The summed E-state index contributed by atoms with van der Waals surface area (Å²) in [6, 6.07) is 5.87. The fourth-order valence-electron chi connectivity index (χ4n) is 0.933. The summed E-state index contributed by atoms with van der Waals surface area (Å²) < 4.78 is 4.17. The molecule has 88 valence electrons. The Bertz CT molecular complexity index is 362. The fourth-order valence-corrected chi connectivity index (χ4v) is 1.24. The Balaban J connectivity index is 0.000000325. The van der Waals surface area contributed by atoms with Gasteiger partial charge in [-0.1, -0.05) is 42.0 Å². The molecule has 0 spiro atoms. The summed E-state index contributed by atoms with van der Waals surface area (Å²) in [7, 11) is 0. The summed E-state index contributed by atoms with van der Waals surface area (Å²) in [5.74, 6) is 0. The largest absolute Gasteiger partial charge is 0.454 e. The maximum Gasteiger partial charge on any atom is 0.403 e. The van der Waals surface area contributed by atoms with Gasteiger partial charge in [-0.3, -0.25) is 0 Å². The van der Waals surface area contributed by atoms with Crippen molar-refractivity contribution in [1.29, 1.82) is 0 Å². The maximum atomic E-state index is 9.59. The van der Waals surface area contributed by atoms with E-state index < -0.39 is 5.43 Å². The van der Waals surface area contributed by atoms with Gasteiger partial charge in [0, 0.05) is 16.6 Å². The van der Waals surface area contributed by atoms with E-state index in [1.165, 1.54) is 5.56 Å². The van der Waals surface area contributed by atoms with Crippen LogP contribution in [-0.2, 0) is 4.74 Å². The van der Waals surface area contributed by atoms with Gasteiger partial charge in [0.05, 0.1) is 6.61 Å². The second kappa shape index (κ2) is 8.20. The van der Waals surface area contributed by atoms with Crippen molar-refractivity contribution >= 4 is 34.7 Å². The first-order valence-corrected chi connectivity index (χ1v) is 5.47. The first-order valence-electron chi connectivity index (χ1n) is 4.72. The Morgan fingerprint density at radius 2 is 2.19 bits per heavy atom. The number of carbonyl (C=O) groups excluding carboxylic acids is 1. The van der Waals surface area contributed by atoms with Gasteiger partial charge in [0.15, 0.2) is 0 Å². The van der Waals surface area contributed by atoms with Gasteiger partial charge in [-0.05, 0) is 25.5 Å². The van der Waals surface area contributed by atoms with Crippen LogP contribution in [0.5, 0.6) is 0 Å². The lowest BCUT2D eigenvalue weighted by molar-refractivity contribution is 0.180. The Kier molecular flexibility index (Phi) is 7.69. The molecule has 0 heterocycles. The van der Waals surface area contributed by atoms with E-state index in [-0.39, 0.29) is 0 Å². The molecule has 4 heteroatoms. The van der Waals surface area contributed by atoms with E-state index in [0.717, 1.165) is 10.6 Å². The van der Waals surface area contributed by atoms with Gasteiger partial charge in [-0.15, -0.1) is 0 Å². The number of halogens is 2. The van der Waals surface area contributed by atoms with Gasteiger partial charge in [0.25, 0.3) is 0 Å². The number of ether oxygens (including phenoxy) is 1. The monoisotopic (exact) mass is 260 g/mol. The smallest absolute Gasteiger partial charge is 0.403 e. The van der Waals surface area contributed by atoms with Crippen LogP contribution in [0.25, 0.3) is 6.08 Å². The molecule has 0 N–H and O–H groups in total. The predicted molar refractivity (Wildman–Crippen MR) is 69.2 cm³/mol. The molecule has 1 rings (SSSR count). The second-order valence-corrected chi connectivity index (χ2v) is 3.62. The summed E-state index contributed by atoms with van der Waals surface area (Å²) in [6.45, 7) is 7.72. The number of hydrogen-bond acceptors (Lipinski definition) is 2. The third-order valence-electron chi connectivity index (χ3n) is 1.63. The highest BCUT2D eigenvalue weighted by Gasteiger charge is 1.93. The quantitative estimate of drug-likeness (QED) is 0.723. The molecule has 0 saturated heterocycles. The topological polar surface area (TPSA) is 26.3 Å². The van der Waals surface area contributed by atoms with Crippen molar-refractivity contribution in [2.24, 2.45) is 0 Å². The lowest BCUT2D eigenvalue weighted by atomic mass is 10.1. The molecule has 0 aliphatic heterocycles. The van der Waals surface area contributed by atoms with Gasteiger partial charge in [-0.25, -0.2) is 4.79 Å². The number of benzene rings is 1. The van der Waals surface area contributed by atoms with Crippen molar-refractivity contribution in [2.75, 3.05) is 6.61 Å². The summed E-state index contributed by atoms with van der Waals surface area (Å²) in [5.41, 5.74) is 1.47. The number of hydrogen-bond donors (Lipinski definition) is 0. The highest BCUT2D eigenvalue weighted by molar-refractivity contribution is 6.61. The lowest BCUT2D eigenvalue weighted by Gasteiger charge is -1.97. The molecule has 0 aliphatic carbocycles. The van der Waals surface area contributed by atoms with Crippen LogP contribution in [0.4, 0.5) is 4.79 Å². The molecule has 0 atom stereocenters. The van der Waals surface area contributed by atoms with Crippen LogP contribution in [-0.4, -0.2) is 12.0 Å². The summed E-state index contributed by atoms with van der Waals surface area (Å²) in [6.07, 6.45) is 1.76. The molecule has 0 amide bonds.